The molecule has 1 aliphatic carbocycles. The number of hydrogen-bond donors (Lipinski definition) is 0. The second-order valence-electron chi connectivity index (χ2n) is 9.08. The van der Waals surface area contributed by atoms with Crippen LogP contribution in [-0.4, -0.2) is 43.2 Å². The number of carbonyl (C=O) groups excluding carboxylic acids is 4. The van der Waals surface area contributed by atoms with Crippen LogP contribution >= 0.6 is 11.6 Å². The van der Waals surface area contributed by atoms with Gasteiger partial charge in [0.2, 0.25) is 29.0 Å². The lowest BCUT2D eigenvalue weighted by atomic mass is 9.77. The molecule has 186 valence electrons. The standard InChI is InChI=1S/C28H20ClNO7/c1-35-16-11-12-19(20(13-16)36-2)30-26(33)21-22(27(30)34)28(37-23(21)14-7-9-15(29)10-8-14)24(31)17-5-3-4-6-18(17)25(28)32/h3-13,21-23H,1-2H3/t21-,22+,23+/m1/s1. The van der Waals surface area contributed by atoms with E-state index in [1.54, 1.807) is 48.5 Å². The van der Waals surface area contributed by atoms with E-state index in [1.807, 2.05) is 0 Å². The van der Waals surface area contributed by atoms with Crippen LogP contribution in [0.25, 0.3) is 0 Å². The zero-order valence-corrected chi connectivity index (χ0v) is 20.5. The number of benzene rings is 3. The highest BCUT2D eigenvalue weighted by Gasteiger charge is 2.74. The average Bonchev–Trinajstić information content (AvgIpc) is 3.48. The number of ether oxygens (including phenoxy) is 3. The van der Waals surface area contributed by atoms with Crippen molar-refractivity contribution < 1.29 is 33.4 Å². The highest BCUT2D eigenvalue weighted by molar-refractivity contribution is 6.37. The molecular formula is C28H20ClNO7. The Labute approximate surface area is 216 Å². The fourth-order valence-corrected chi connectivity index (χ4v) is 5.80. The molecule has 2 amide bonds. The van der Waals surface area contributed by atoms with Gasteiger partial charge in [-0.25, -0.2) is 4.90 Å². The summed E-state index contributed by atoms with van der Waals surface area (Å²) < 4.78 is 17.0. The maximum atomic E-state index is 14.1. The van der Waals surface area contributed by atoms with Gasteiger partial charge in [-0.3, -0.25) is 19.2 Å². The fraction of sp³-hybridized carbons (Fsp3) is 0.214. The molecule has 9 heteroatoms. The number of imide groups is 1. The van der Waals surface area contributed by atoms with Crippen LogP contribution < -0.4 is 14.4 Å². The van der Waals surface area contributed by atoms with E-state index < -0.39 is 46.9 Å². The quantitative estimate of drug-likeness (QED) is 0.380. The first-order chi connectivity index (χ1) is 17.8. The van der Waals surface area contributed by atoms with E-state index in [0.29, 0.717) is 16.3 Å². The van der Waals surface area contributed by atoms with Crippen molar-refractivity contribution in [2.45, 2.75) is 11.7 Å². The summed E-state index contributed by atoms with van der Waals surface area (Å²) in [6.45, 7) is 0. The SMILES string of the molecule is COc1ccc(N2C(=O)[C@@H]3[C@@H](C2=O)C2(O[C@H]3c3ccc(Cl)cc3)C(=O)c3ccccc3C2=O)c(OC)c1. The molecule has 1 spiro atoms. The van der Waals surface area contributed by atoms with Gasteiger partial charge < -0.3 is 14.2 Å². The molecule has 3 aromatic rings. The summed E-state index contributed by atoms with van der Waals surface area (Å²) >= 11 is 6.07. The molecule has 3 aromatic carbocycles. The average molecular weight is 518 g/mol. The number of anilines is 1. The first-order valence-electron chi connectivity index (χ1n) is 11.5. The van der Waals surface area contributed by atoms with Gasteiger partial charge in [0.05, 0.1) is 37.8 Å². The van der Waals surface area contributed by atoms with Crippen molar-refractivity contribution in [3.8, 4) is 11.5 Å². The number of rotatable bonds is 4. The molecule has 0 aromatic heterocycles. The molecule has 2 heterocycles. The molecule has 3 atom stereocenters. The van der Waals surface area contributed by atoms with Crippen LogP contribution in [0.5, 0.6) is 11.5 Å². The van der Waals surface area contributed by atoms with Crippen molar-refractivity contribution in [1.82, 2.24) is 0 Å². The minimum absolute atomic E-state index is 0.170. The smallest absolute Gasteiger partial charge is 0.241 e. The van der Waals surface area contributed by atoms with E-state index in [-0.39, 0.29) is 22.6 Å². The minimum Gasteiger partial charge on any atom is -0.497 e. The number of methoxy groups -OCH3 is 2. The maximum absolute atomic E-state index is 14.1. The Kier molecular flexibility index (Phi) is 5.22. The van der Waals surface area contributed by atoms with E-state index in [0.717, 1.165) is 4.90 Å². The molecule has 2 aliphatic heterocycles. The van der Waals surface area contributed by atoms with Crippen molar-refractivity contribution in [3.05, 3.63) is 88.4 Å². The van der Waals surface area contributed by atoms with E-state index >= 15 is 0 Å². The molecule has 6 rings (SSSR count). The number of ketones is 2. The summed E-state index contributed by atoms with van der Waals surface area (Å²) in [6, 6.07) is 17.6. The third kappa shape index (κ3) is 3.06. The predicted octanol–water partition coefficient (Wildman–Crippen LogP) is 4.05. The number of hydrogen-bond acceptors (Lipinski definition) is 7. The van der Waals surface area contributed by atoms with Crippen LogP contribution in [-0.2, 0) is 14.3 Å². The largest absolute Gasteiger partial charge is 0.497 e. The molecule has 0 bridgehead atoms. The molecule has 0 radical (unpaired) electrons. The minimum atomic E-state index is -2.15. The van der Waals surface area contributed by atoms with Gasteiger partial charge in [-0.1, -0.05) is 48.0 Å². The molecule has 2 saturated heterocycles. The molecule has 2 fully saturated rings. The Morgan fingerprint density at radius 1 is 0.838 bits per heavy atom. The molecular weight excluding hydrogens is 498 g/mol. The Bertz CT molecular complexity index is 1460. The lowest BCUT2D eigenvalue weighted by molar-refractivity contribution is -0.127. The number of Topliss-reactive ketones (excluding diaryl/α,β-unsaturated/α-hetero) is 2. The Morgan fingerprint density at radius 3 is 2.08 bits per heavy atom. The normalized spacial score (nSPS) is 23.5. The highest BCUT2D eigenvalue weighted by Crippen LogP contribution is 2.58. The topological polar surface area (TPSA) is 99.2 Å². The molecule has 8 nitrogen and oxygen atoms in total. The summed E-state index contributed by atoms with van der Waals surface area (Å²) in [4.78, 5) is 56.7. The zero-order valence-electron chi connectivity index (χ0n) is 19.8. The molecule has 0 saturated carbocycles. The third-order valence-corrected chi connectivity index (χ3v) is 7.60. The van der Waals surface area contributed by atoms with E-state index in [9.17, 15) is 19.2 Å². The summed E-state index contributed by atoms with van der Waals surface area (Å²) in [5, 5.41) is 0.465. The van der Waals surface area contributed by atoms with Crippen LogP contribution in [0.1, 0.15) is 32.4 Å². The first kappa shape index (κ1) is 23.4. The van der Waals surface area contributed by atoms with E-state index in [2.05, 4.69) is 0 Å². The lowest BCUT2D eigenvalue weighted by Crippen LogP contribution is -2.51. The van der Waals surface area contributed by atoms with Gasteiger partial charge in [0.25, 0.3) is 0 Å². The summed E-state index contributed by atoms with van der Waals surface area (Å²) in [5.74, 6) is -4.32. The first-order valence-corrected chi connectivity index (χ1v) is 11.9. The predicted molar refractivity (Wildman–Crippen MR) is 132 cm³/mol. The number of fused-ring (bicyclic) bond motifs is 3. The Balaban J connectivity index is 1.54. The van der Waals surface area contributed by atoms with E-state index in [4.69, 9.17) is 25.8 Å². The molecule has 0 N–H and O–H groups in total. The van der Waals surface area contributed by atoms with Crippen LogP contribution in [0.4, 0.5) is 5.69 Å². The zero-order chi connectivity index (χ0) is 26.1. The van der Waals surface area contributed by atoms with Crippen LogP contribution in [0.15, 0.2) is 66.7 Å². The third-order valence-electron chi connectivity index (χ3n) is 7.35. The van der Waals surface area contributed by atoms with Crippen molar-refractivity contribution in [1.29, 1.82) is 0 Å². The van der Waals surface area contributed by atoms with Crippen molar-refractivity contribution >= 4 is 40.7 Å². The summed E-state index contributed by atoms with van der Waals surface area (Å²) in [6.07, 6.45) is -1.03. The van der Waals surface area contributed by atoms with Gasteiger partial charge in [0.15, 0.2) is 0 Å². The van der Waals surface area contributed by atoms with E-state index in [1.165, 1.54) is 32.4 Å². The molecule has 37 heavy (non-hydrogen) atoms. The van der Waals surface area contributed by atoms with Gasteiger partial charge in [0.1, 0.15) is 11.5 Å². The second-order valence-corrected chi connectivity index (χ2v) is 9.52. The Hall–Kier alpha value is -4.01. The number of carbonyl (C=O) groups is 4. The molecule has 3 aliphatic rings. The van der Waals surface area contributed by atoms with Crippen LogP contribution in [0.3, 0.4) is 0 Å². The fourth-order valence-electron chi connectivity index (χ4n) is 5.68. The number of amides is 2. The van der Waals surface area contributed by atoms with Gasteiger partial charge in [0, 0.05) is 22.2 Å². The molecule has 0 unspecified atom stereocenters. The maximum Gasteiger partial charge on any atom is 0.241 e. The van der Waals surface area contributed by atoms with Crippen molar-refractivity contribution in [2.75, 3.05) is 19.1 Å². The number of nitrogens with zero attached hydrogens (tertiary/aromatic N) is 1. The monoisotopic (exact) mass is 517 g/mol. The van der Waals surface area contributed by atoms with Crippen LogP contribution in [0, 0.1) is 11.8 Å². The van der Waals surface area contributed by atoms with Gasteiger partial charge in [-0.2, -0.15) is 0 Å². The lowest BCUT2D eigenvalue weighted by Gasteiger charge is -2.27. The summed E-state index contributed by atoms with van der Waals surface area (Å²) in [7, 11) is 2.89. The van der Waals surface area contributed by atoms with Crippen molar-refractivity contribution in [2.24, 2.45) is 11.8 Å². The van der Waals surface area contributed by atoms with Gasteiger partial charge >= 0.3 is 0 Å². The summed E-state index contributed by atoms with van der Waals surface area (Å²) in [5.41, 5.74) is -1.10. The van der Waals surface area contributed by atoms with Gasteiger partial charge in [-0.05, 0) is 29.8 Å². The second kappa shape index (κ2) is 8.26. The number of halogens is 1. The van der Waals surface area contributed by atoms with Crippen LogP contribution in [0.2, 0.25) is 5.02 Å². The Morgan fingerprint density at radius 2 is 1.49 bits per heavy atom. The van der Waals surface area contributed by atoms with Crippen molar-refractivity contribution in [3.63, 3.8) is 0 Å². The highest BCUT2D eigenvalue weighted by atomic mass is 35.5. The van der Waals surface area contributed by atoms with Gasteiger partial charge in [-0.15, -0.1) is 0 Å².